The topological polar surface area (TPSA) is 77.3 Å². The Morgan fingerprint density at radius 2 is 2.07 bits per heavy atom. The summed E-state index contributed by atoms with van der Waals surface area (Å²) in [6, 6.07) is 1.95. The summed E-state index contributed by atoms with van der Waals surface area (Å²) in [5.74, 6) is -0.0248. The predicted octanol–water partition coefficient (Wildman–Crippen LogP) is 2.57. The number of hydrogen-bond acceptors (Lipinski definition) is 5. The standard InChI is InChI=1S/C20H26N4O3/c1-4-27-20(26)14-6-5-9-24(11-14)19(25)15-10-16(13-7-8-13)21-18-17(15)12(2)22-23(18)3/h10,13-14H,4-9,11H2,1-3H3. The first-order valence-electron chi connectivity index (χ1n) is 9.79. The number of piperidine rings is 1. The molecule has 1 saturated heterocycles. The molecular formula is C20H26N4O3. The number of amides is 1. The summed E-state index contributed by atoms with van der Waals surface area (Å²) in [6.07, 6.45) is 3.83. The summed E-state index contributed by atoms with van der Waals surface area (Å²) in [5, 5.41) is 5.30. The van der Waals surface area contributed by atoms with E-state index in [1.807, 2.05) is 27.0 Å². The summed E-state index contributed by atoms with van der Waals surface area (Å²) in [5.41, 5.74) is 3.22. The molecule has 1 aliphatic heterocycles. The number of aryl methyl sites for hydroxylation is 2. The number of pyridine rings is 1. The lowest BCUT2D eigenvalue weighted by Crippen LogP contribution is -2.43. The van der Waals surface area contributed by atoms with E-state index in [9.17, 15) is 9.59 Å². The Hall–Kier alpha value is -2.44. The molecule has 7 heteroatoms. The van der Waals surface area contributed by atoms with Crippen molar-refractivity contribution in [3.63, 3.8) is 0 Å². The molecule has 2 aliphatic rings. The predicted molar refractivity (Wildman–Crippen MR) is 100 cm³/mol. The highest BCUT2D eigenvalue weighted by Gasteiger charge is 2.33. The molecule has 1 saturated carbocycles. The lowest BCUT2D eigenvalue weighted by atomic mass is 9.97. The van der Waals surface area contributed by atoms with Gasteiger partial charge in [0.25, 0.3) is 5.91 Å². The molecule has 1 atom stereocenters. The smallest absolute Gasteiger partial charge is 0.310 e. The Morgan fingerprint density at radius 3 is 2.78 bits per heavy atom. The SMILES string of the molecule is CCOC(=O)C1CCCN(C(=O)c2cc(C3CC3)nc3c2c(C)nn3C)C1. The Balaban J connectivity index is 1.68. The highest BCUT2D eigenvalue weighted by atomic mass is 16.5. The number of ether oxygens (including phenoxy) is 1. The van der Waals surface area contributed by atoms with Crippen LogP contribution >= 0.6 is 0 Å². The minimum absolute atomic E-state index is 0.0330. The van der Waals surface area contributed by atoms with Gasteiger partial charge in [0.15, 0.2) is 5.65 Å². The van der Waals surface area contributed by atoms with Gasteiger partial charge in [0, 0.05) is 31.7 Å². The van der Waals surface area contributed by atoms with Crippen LogP contribution in [0.2, 0.25) is 0 Å². The number of rotatable bonds is 4. The van der Waals surface area contributed by atoms with Gasteiger partial charge < -0.3 is 9.64 Å². The first kappa shape index (κ1) is 17.9. The van der Waals surface area contributed by atoms with Crippen molar-refractivity contribution in [2.24, 2.45) is 13.0 Å². The highest BCUT2D eigenvalue weighted by Crippen LogP contribution is 2.40. The second-order valence-electron chi connectivity index (χ2n) is 7.62. The van der Waals surface area contributed by atoms with Crippen LogP contribution in [0.4, 0.5) is 0 Å². The molecule has 144 valence electrons. The van der Waals surface area contributed by atoms with E-state index in [-0.39, 0.29) is 17.8 Å². The fraction of sp³-hybridized carbons (Fsp3) is 0.600. The lowest BCUT2D eigenvalue weighted by molar-refractivity contribution is -0.149. The van der Waals surface area contributed by atoms with E-state index < -0.39 is 0 Å². The Morgan fingerprint density at radius 1 is 1.30 bits per heavy atom. The molecule has 27 heavy (non-hydrogen) atoms. The van der Waals surface area contributed by atoms with Crippen molar-refractivity contribution in [3.05, 3.63) is 23.0 Å². The zero-order chi connectivity index (χ0) is 19.1. The molecule has 1 aliphatic carbocycles. The van der Waals surface area contributed by atoms with Gasteiger partial charge in [-0.1, -0.05) is 0 Å². The number of likely N-dealkylation sites (tertiary alicyclic amines) is 1. The average Bonchev–Trinajstić information content (AvgIpc) is 3.47. The highest BCUT2D eigenvalue weighted by molar-refractivity contribution is 6.06. The van der Waals surface area contributed by atoms with Crippen molar-refractivity contribution in [1.29, 1.82) is 0 Å². The fourth-order valence-corrected chi connectivity index (χ4v) is 4.01. The van der Waals surface area contributed by atoms with Gasteiger partial charge in [0.1, 0.15) is 0 Å². The second-order valence-corrected chi connectivity index (χ2v) is 7.62. The van der Waals surface area contributed by atoms with Gasteiger partial charge in [0.2, 0.25) is 0 Å². The number of nitrogens with zero attached hydrogens (tertiary/aromatic N) is 4. The summed E-state index contributed by atoms with van der Waals surface area (Å²) < 4.78 is 6.92. The van der Waals surface area contributed by atoms with Crippen LogP contribution in [0.1, 0.15) is 60.3 Å². The monoisotopic (exact) mass is 370 g/mol. The minimum Gasteiger partial charge on any atom is -0.466 e. The maximum absolute atomic E-state index is 13.4. The van der Waals surface area contributed by atoms with Gasteiger partial charge in [-0.05, 0) is 45.6 Å². The number of hydrogen-bond donors (Lipinski definition) is 0. The van der Waals surface area contributed by atoms with Crippen LogP contribution in [0.3, 0.4) is 0 Å². The third kappa shape index (κ3) is 3.31. The van der Waals surface area contributed by atoms with Crippen LogP contribution in [0.5, 0.6) is 0 Å². The van der Waals surface area contributed by atoms with Crippen molar-refractivity contribution >= 4 is 22.9 Å². The maximum atomic E-state index is 13.4. The Kier molecular flexibility index (Phi) is 4.61. The van der Waals surface area contributed by atoms with Crippen molar-refractivity contribution in [2.45, 2.75) is 45.4 Å². The molecule has 2 aromatic rings. The first-order chi connectivity index (χ1) is 13.0. The number of esters is 1. The number of carbonyl (C=O) groups excluding carboxylic acids is 2. The largest absolute Gasteiger partial charge is 0.466 e. The van der Waals surface area contributed by atoms with Gasteiger partial charge in [-0.3, -0.25) is 14.3 Å². The molecular weight excluding hydrogens is 344 g/mol. The quantitative estimate of drug-likeness (QED) is 0.773. The zero-order valence-corrected chi connectivity index (χ0v) is 16.2. The molecule has 2 aromatic heterocycles. The van der Waals surface area contributed by atoms with Gasteiger partial charge in [-0.15, -0.1) is 0 Å². The molecule has 3 heterocycles. The van der Waals surface area contributed by atoms with Gasteiger partial charge in [0.05, 0.1) is 29.2 Å². The third-order valence-corrected chi connectivity index (χ3v) is 5.54. The molecule has 0 N–H and O–H groups in total. The molecule has 1 unspecified atom stereocenters. The van der Waals surface area contributed by atoms with Crippen molar-refractivity contribution in [2.75, 3.05) is 19.7 Å². The molecule has 0 aromatic carbocycles. The minimum atomic E-state index is -0.238. The summed E-state index contributed by atoms with van der Waals surface area (Å²) in [6.45, 7) is 5.17. The Labute approximate surface area is 158 Å². The number of aromatic nitrogens is 3. The van der Waals surface area contributed by atoms with E-state index in [1.54, 1.807) is 9.58 Å². The van der Waals surface area contributed by atoms with E-state index >= 15 is 0 Å². The van der Waals surface area contributed by atoms with E-state index in [1.165, 1.54) is 0 Å². The van der Waals surface area contributed by atoms with Gasteiger partial charge in [-0.2, -0.15) is 5.10 Å². The molecule has 4 rings (SSSR count). The normalized spacial score (nSPS) is 20.1. The summed E-state index contributed by atoms with van der Waals surface area (Å²) in [7, 11) is 1.87. The van der Waals surface area contributed by atoms with Crippen LogP contribution in [-0.4, -0.2) is 51.2 Å². The first-order valence-corrected chi connectivity index (χ1v) is 9.79. The van der Waals surface area contributed by atoms with E-state index in [0.29, 0.717) is 31.2 Å². The van der Waals surface area contributed by atoms with Crippen LogP contribution in [0.25, 0.3) is 11.0 Å². The third-order valence-electron chi connectivity index (χ3n) is 5.54. The lowest BCUT2D eigenvalue weighted by Gasteiger charge is -2.31. The van der Waals surface area contributed by atoms with Crippen LogP contribution < -0.4 is 0 Å². The average molecular weight is 370 g/mol. The molecule has 7 nitrogen and oxygen atoms in total. The van der Waals surface area contributed by atoms with E-state index in [4.69, 9.17) is 9.72 Å². The zero-order valence-electron chi connectivity index (χ0n) is 16.2. The summed E-state index contributed by atoms with van der Waals surface area (Å²) >= 11 is 0. The second kappa shape index (κ2) is 6.94. The molecule has 2 fully saturated rings. The van der Waals surface area contributed by atoms with Crippen LogP contribution in [0, 0.1) is 12.8 Å². The van der Waals surface area contributed by atoms with E-state index in [0.717, 1.165) is 48.1 Å². The number of fused-ring (bicyclic) bond motifs is 1. The van der Waals surface area contributed by atoms with Crippen molar-refractivity contribution in [1.82, 2.24) is 19.7 Å². The van der Waals surface area contributed by atoms with Crippen molar-refractivity contribution < 1.29 is 14.3 Å². The fourth-order valence-electron chi connectivity index (χ4n) is 4.01. The molecule has 0 radical (unpaired) electrons. The number of carbonyl (C=O) groups is 2. The maximum Gasteiger partial charge on any atom is 0.310 e. The van der Waals surface area contributed by atoms with Gasteiger partial charge in [-0.25, -0.2) is 4.98 Å². The molecule has 0 spiro atoms. The molecule has 0 bridgehead atoms. The van der Waals surface area contributed by atoms with Crippen molar-refractivity contribution in [3.8, 4) is 0 Å². The Bertz CT molecular complexity index is 900. The van der Waals surface area contributed by atoms with Crippen LogP contribution in [0.15, 0.2) is 6.07 Å². The van der Waals surface area contributed by atoms with Crippen LogP contribution in [-0.2, 0) is 16.6 Å². The molecule has 1 amide bonds. The van der Waals surface area contributed by atoms with Gasteiger partial charge >= 0.3 is 5.97 Å². The summed E-state index contributed by atoms with van der Waals surface area (Å²) in [4.78, 5) is 32.1. The van der Waals surface area contributed by atoms with E-state index in [2.05, 4.69) is 5.10 Å².